The smallest absolute Gasteiger partial charge is 0.264 e. The lowest BCUT2D eigenvalue weighted by Crippen LogP contribution is -2.32. The van der Waals surface area contributed by atoms with Crippen molar-refractivity contribution in [2.45, 2.75) is 31.2 Å². The molecule has 0 bridgehead atoms. The quantitative estimate of drug-likeness (QED) is 0.831. The van der Waals surface area contributed by atoms with Crippen LogP contribution in [0.4, 0.5) is 5.69 Å². The highest BCUT2D eigenvalue weighted by Gasteiger charge is 2.22. The SMILES string of the molecule is CCC(C)NC(=O)c1ccc(N(C)S(=O)(=O)c2ccccc2)cc1Cl. The van der Waals surface area contributed by atoms with E-state index < -0.39 is 10.0 Å². The molecule has 0 spiro atoms. The van der Waals surface area contributed by atoms with Crippen molar-refractivity contribution < 1.29 is 13.2 Å². The predicted molar refractivity (Wildman–Crippen MR) is 101 cm³/mol. The molecule has 5 nitrogen and oxygen atoms in total. The molecule has 1 unspecified atom stereocenters. The molecule has 134 valence electrons. The van der Waals surface area contributed by atoms with Crippen molar-refractivity contribution in [2.24, 2.45) is 0 Å². The zero-order valence-electron chi connectivity index (χ0n) is 14.4. The molecule has 25 heavy (non-hydrogen) atoms. The van der Waals surface area contributed by atoms with Gasteiger partial charge in [0.25, 0.3) is 15.9 Å². The number of rotatable bonds is 6. The fourth-order valence-corrected chi connectivity index (χ4v) is 3.65. The van der Waals surface area contributed by atoms with Crippen LogP contribution >= 0.6 is 11.6 Å². The average Bonchev–Trinajstić information content (AvgIpc) is 2.61. The highest BCUT2D eigenvalue weighted by atomic mass is 35.5. The van der Waals surface area contributed by atoms with Crippen LogP contribution in [0.2, 0.25) is 5.02 Å². The molecule has 0 fully saturated rings. The van der Waals surface area contributed by atoms with Crippen LogP contribution < -0.4 is 9.62 Å². The van der Waals surface area contributed by atoms with Crippen LogP contribution in [0.15, 0.2) is 53.4 Å². The minimum atomic E-state index is -3.69. The highest BCUT2D eigenvalue weighted by Crippen LogP contribution is 2.27. The van der Waals surface area contributed by atoms with Gasteiger partial charge >= 0.3 is 0 Å². The summed E-state index contributed by atoms with van der Waals surface area (Å²) >= 11 is 6.21. The number of carbonyl (C=O) groups excluding carboxylic acids is 1. The third kappa shape index (κ3) is 4.32. The van der Waals surface area contributed by atoms with Gasteiger partial charge in [0, 0.05) is 13.1 Å². The molecular formula is C18H21ClN2O3S. The van der Waals surface area contributed by atoms with Gasteiger partial charge in [0.15, 0.2) is 0 Å². The standard InChI is InChI=1S/C18H21ClN2O3S/c1-4-13(2)20-18(22)16-11-10-14(12-17(16)19)21(3)25(23,24)15-8-6-5-7-9-15/h5-13H,4H2,1-3H3,(H,20,22). The van der Waals surface area contributed by atoms with Gasteiger partial charge in [-0.15, -0.1) is 0 Å². The molecule has 0 aliphatic heterocycles. The molecule has 7 heteroatoms. The van der Waals surface area contributed by atoms with Gasteiger partial charge in [0.1, 0.15) is 0 Å². The summed E-state index contributed by atoms with van der Waals surface area (Å²) in [5.41, 5.74) is 0.699. The van der Waals surface area contributed by atoms with E-state index in [1.54, 1.807) is 24.3 Å². The van der Waals surface area contributed by atoms with E-state index in [0.717, 1.165) is 10.7 Å². The number of amides is 1. The van der Waals surface area contributed by atoms with Crippen molar-refractivity contribution in [1.82, 2.24) is 5.32 Å². The highest BCUT2D eigenvalue weighted by molar-refractivity contribution is 7.92. The zero-order chi connectivity index (χ0) is 18.6. The molecule has 1 N–H and O–H groups in total. The Labute approximate surface area is 153 Å². The Morgan fingerprint density at radius 3 is 2.40 bits per heavy atom. The Morgan fingerprint density at radius 1 is 1.20 bits per heavy atom. The summed E-state index contributed by atoms with van der Waals surface area (Å²) in [6, 6.07) is 12.7. The summed E-state index contributed by atoms with van der Waals surface area (Å²) in [4.78, 5) is 12.4. The Hall–Kier alpha value is -2.05. The maximum atomic E-state index is 12.7. The van der Waals surface area contributed by atoms with Gasteiger partial charge in [-0.05, 0) is 43.7 Å². The lowest BCUT2D eigenvalue weighted by atomic mass is 10.1. The first-order valence-corrected chi connectivity index (χ1v) is 9.73. The van der Waals surface area contributed by atoms with Crippen LogP contribution in [0, 0.1) is 0 Å². The maximum absolute atomic E-state index is 12.7. The van der Waals surface area contributed by atoms with Crippen LogP contribution in [0.5, 0.6) is 0 Å². The molecule has 2 rings (SSSR count). The van der Waals surface area contributed by atoms with E-state index in [-0.39, 0.29) is 21.9 Å². The lowest BCUT2D eigenvalue weighted by Gasteiger charge is -2.20. The maximum Gasteiger partial charge on any atom is 0.264 e. The van der Waals surface area contributed by atoms with E-state index in [1.807, 2.05) is 13.8 Å². The molecular weight excluding hydrogens is 360 g/mol. The van der Waals surface area contributed by atoms with E-state index in [0.29, 0.717) is 11.3 Å². The largest absolute Gasteiger partial charge is 0.350 e. The molecule has 0 aliphatic rings. The van der Waals surface area contributed by atoms with E-state index in [4.69, 9.17) is 11.6 Å². The predicted octanol–water partition coefficient (Wildman–Crippen LogP) is 3.69. The summed E-state index contributed by atoms with van der Waals surface area (Å²) < 4.78 is 26.4. The Bertz CT molecular complexity index is 854. The zero-order valence-corrected chi connectivity index (χ0v) is 15.9. The summed E-state index contributed by atoms with van der Waals surface area (Å²) in [7, 11) is -2.24. The van der Waals surface area contributed by atoms with Gasteiger partial charge in [0.05, 0.1) is 21.2 Å². The van der Waals surface area contributed by atoms with E-state index in [2.05, 4.69) is 5.32 Å². The molecule has 1 amide bonds. The summed E-state index contributed by atoms with van der Waals surface area (Å²) in [6.45, 7) is 3.87. The van der Waals surface area contributed by atoms with Gasteiger partial charge in [-0.25, -0.2) is 8.42 Å². The van der Waals surface area contributed by atoms with Crippen molar-refractivity contribution in [2.75, 3.05) is 11.4 Å². The number of hydrogen-bond donors (Lipinski definition) is 1. The Balaban J connectivity index is 2.29. The van der Waals surface area contributed by atoms with Crippen molar-refractivity contribution in [3.05, 3.63) is 59.1 Å². The molecule has 2 aromatic carbocycles. The van der Waals surface area contributed by atoms with Crippen molar-refractivity contribution in [3.63, 3.8) is 0 Å². The molecule has 0 aromatic heterocycles. The third-order valence-electron chi connectivity index (χ3n) is 3.95. The molecule has 0 saturated carbocycles. The molecule has 0 saturated heterocycles. The van der Waals surface area contributed by atoms with Gasteiger partial charge in [-0.2, -0.15) is 0 Å². The summed E-state index contributed by atoms with van der Waals surface area (Å²) in [5, 5.41) is 3.04. The molecule has 2 aromatic rings. The van der Waals surface area contributed by atoms with Crippen LogP contribution in [-0.2, 0) is 10.0 Å². The Kier molecular flexibility index (Phi) is 6.08. The van der Waals surface area contributed by atoms with Crippen molar-refractivity contribution in [1.29, 1.82) is 0 Å². The number of hydrogen-bond acceptors (Lipinski definition) is 3. The fourth-order valence-electron chi connectivity index (χ4n) is 2.18. The number of carbonyl (C=O) groups is 1. The van der Waals surface area contributed by atoms with Gasteiger partial charge < -0.3 is 5.32 Å². The van der Waals surface area contributed by atoms with Crippen molar-refractivity contribution in [3.8, 4) is 0 Å². The van der Waals surface area contributed by atoms with Gasteiger partial charge in [-0.3, -0.25) is 9.10 Å². The number of sulfonamides is 1. The first kappa shape index (κ1) is 19.3. The van der Waals surface area contributed by atoms with Gasteiger partial charge in [-0.1, -0.05) is 36.7 Å². The van der Waals surface area contributed by atoms with Gasteiger partial charge in [0.2, 0.25) is 0 Å². The fraction of sp³-hybridized carbons (Fsp3) is 0.278. The number of halogens is 1. The topological polar surface area (TPSA) is 66.5 Å². The number of benzene rings is 2. The molecule has 0 aliphatic carbocycles. The third-order valence-corrected chi connectivity index (χ3v) is 6.06. The molecule has 0 heterocycles. The number of nitrogens with zero attached hydrogens (tertiary/aromatic N) is 1. The van der Waals surface area contributed by atoms with Crippen LogP contribution in [0.25, 0.3) is 0 Å². The first-order chi connectivity index (χ1) is 11.8. The van der Waals surface area contributed by atoms with Crippen LogP contribution in [-0.4, -0.2) is 27.4 Å². The Morgan fingerprint density at radius 2 is 1.84 bits per heavy atom. The average molecular weight is 381 g/mol. The normalized spacial score (nSPS) is 12.5. The second-order valence-electron chi connectivity index (χ2n) is 5.73. The van der Waals surface area contributed by atoms with E-state index in [9.17, 15) is 13.2 Å². The van der Waals surface area contributed by atoms with Crippen LogP contribution in [0.1, 0.15) is 30.6 Å². The van der Waals surface area contributed by atoms with Crippen molar-refractivity contribution >= 4 is 33.2 Å². The summed E-state index contributed by atoms with van der Waals surface area (Å²) in [6.07, 6.45) is 0.805. The summed E-state index contributed by atoms with van der Waals surface area (Å²) in [5.74, 6) is -0.278. The second-order valence-corrected chi connectivity index (χ2v) is 8.11. The molecule has 0 radical (unpaired) electrons. The number of anilines is 1. The lowest BCUT2D eigenvalue weighted by molar-refractivity contribution is 0.0939. The minimum absolute atomic E-state index is 0.0318. The molecule has 1 atom stereocenters. The monoisotopic (exact) mass is 380 g/mol. The van der Waals surface area contributed by atoms with Crippen LogP contribution in [0.3, 0.4) is 0 Å². The number of nitrogens with one attached hydrogen (secondary N) is 1. The van der Waals surface area contributed by atoms with E-state index >= 15 is 0 Å². The minimum Gasteiger partial charge on any atom is -0.350 e. The van der Waals surface area contributed by atoms with E-state index in [1.165, 1.54) is 31.3 Å². The second kappa shape index (κ2) is 7.89. The first-order valence-electron chi connectivity index (χ1n) is 7.91.